The first-order valence-corrected chi connectivity index (χ1v) is 4.80. The zero-order valence-corrected chi connectivity index (χ0v) is 9.00. The van der Waals surface area contributed by atoms with Gasteiger partial charge in [0.05, 0.1) is 6.04 Å². The number of carbonyl (C=O) groups is 1. The van der Waals surface area contributed by atoms with Crippen molar-refractivity contribution in [2.24, 2.45) is 5.84 Å². The van der Waals surface area contributed by atoms with Crippen molar-refractivity contribution in [1.82, 2.24) is 10.3 Å². The fourth-order valence-corrected chi connectivity index (χ4v) is 1.43. The van der Waals surface area contributed by atoms with Crippen molar-refractivity contribution in [2.45, 2.75) is 46.2 Å². The number of nitrogens with zero attached hydrogens (tertiary/aromatic N) is 1. The van der Waals surface area contributed by atoms with Gasteiger partial charge in [0.1, 0.15) is 0 Å². The SMILES string of the molecule is CCCN(C(C)C)C(C)C(=O)NN. The molecule has 0 rings (SSSR count). The van der Waals surface area contributed by atoms with Crippen LogP contribution < -0.4 is 11.3 Å². The van der Waals surface area contributed by atoms with E-state index in [4.69, 9.17) is 5.84 Å². The van der Waals surface area contributed by atoms with Gasteiger partial charge in [-0.1, -0.05) is 6.92 Å². The molecular formula is C9H21N3O. The Morgan fingerprint density at radius 1 is 1.46 bits per heavy atom. The molecular weight excluding hydrogens is 166 g/mol. The summed E-state index contributed by atoms with van der Waals surface area (Å²) in [5.41, 5.74) is 2.18. The van der Waals surface area contributed by atoms with Crippen LogP contribution in [0.2, 0.25) is 0 Å². The van der Waals surface area contributed by atoms with E-state index in [1.165, 1.54) is 0 Å². The maximum absolute atomic E-state index is 11.3. The van der Waals surface area contributed by atoms with Crippen molar-refractivity contribution < 1.29 is 4.79 Å². The molecule has 0 radical (unpaired) electrons. The average Bonchev–Trinajstić information content (AvgIpc) is 2.11. The Morgan fingerprint density at radius 2 is 2.00 bits per heavy atom. The van der Waals surface area contributed by atoms with Crippen molar-refractivity contribution in [3.8, 4) is 0 Å². The van der Waals surface area contributed by atoms with Crippen molar-refractivity contribution in [1.29, 1.82) is 0 Å². The molecule has 0 saturated heterocycles. The second-order valence-corrected chi connectivity index (χ2v) is 3.52. The topological polar surface area (TPSA) is 58.4 Å². The number of nitrogens with two attached hydrogens (primary N) is 1. The molecule has 0 fully saturated rings. The van der Waals surface area contributed by atoms with Crippen LogP contribution in [0.15, 0.2) is 0 Å². The van der Waals surface area contributed by atoms with E-state index in [1.807, 2.05) is 6.92 Å². The summed E-state index contributed by atoms with van der Waals surface area (Å²) in [6, 6.07) is 0.220. The quantitative estimate of drug-likeness (QED) is 0.374. The van der Waals surface area contributed by atoms with E-state index in [0.29, 0.717) is 6.04 Å². The van der Waals surface area contributed by atoms with Crippen LogP contribution in [0.1, 0.15) is 34.1 Å². The first-order chi connectivity index (χ1) is 6.04. The zero-order valence-electron chi connectivity index (χ0n) is 9.00. The number of rotatable bonds is 5. The molecule has 1 atom stereocenters. The van der Waals surface area contributed by atoms with Gasteiger partial charge in [-0.15, -0.1) is 0 Å². The first kappa shape index (κ1) is 12.4. The third-order valence-electron chi connectivity index (χ3n) is 2.16. The lowest BCUT2D eigenvalue weighted by molar-refractivity contribution is -0.126. The third kappa shape index (κ3) is 3.74. The van der Waals surface area contributed by atoms with E-state index in [-0.39, 0.29) is 11.9 Å². The van der Waals surface area contributed by atoms with E-state index in [2.05, 4.69) is 31.1 Å². The fourth-order valence-electron chi connectivity index (χ4n) is 1.43. The van der Waals surface area contributed by atoms with Crippen LogP contribution in [0.4, 0.5) is 0 Å². The molecule has 0 aliphatic heterocycles. The molecule has 0 aromatic carbocycles. The molecule has 0 aromatic heterocycles. The van der Waals surface area contributed by atoms with Crippen molar-refractivity contribution in [3.05, 3.63) is 0 Å². The van der Waals surface area contributed by atoms with Crippen molar-refractivity contribution in [2.75, 3.05) is 6.54 Å². The molecule has 4 nitrogen and oxygen atoms in total. The maximum atomic E-state index is 11.3. The Bertz CT molecular complexity index is 159. The molecule has 0 aromatic rings. The van der Waals surface area contributed by atoms with Crippen LogP contribution in [0.3, 0.4) is 0 Å². The van der Waals surface area contributed by atoms with Gasteiger partial charge in [0.15, 0.2) is 0 Å². The van der Waals surface area contributed by atoms with Crippen LogP contribution in [-0.4, -0.2) is 29.4 Å². The average molecular weight is 187 g/mol. The predicted octanol–water partition coefficient (Wildman–Crippen LogP) is 0.485. The summed E-state index contributed by atoms with van der Waals surface area (Å²) in [5.74, 6) is 4.96. The number of hydrogen-bond donors (Lipinski definition) is 2. The van der Waals surface area contributed by atoms with E-state index < -0.39 is 0 Å². The van der Waals surface area contributed by atoms with Crippen LogP contribution in [-0.2, 0) is 4.79 Å². The highest BCUT2D eigenvalue weighted by Crippen LogP contribution is 2.05. The molecule has 0 heterocycles. The molecule has 0 aliphatic rings. The molecule has 1 amide bonds. The number of hydrogen-bond acceptors (Lipinski definition) is 3. The standard InChI is InChI=1S/C9H21N3O/c1-5-6-12(7(2)3)8(4)9(13)11-10/h7-8H,5-6,10H2,1-4H3,(H,11,13). The lowest BCUT2D eigenvalue weighted by Gasteiger charge is -2.30. The molecule has 1 unspecified atom stereocenters. The summed E-state index contributed by atoms with van der Waals surface area (Å²) in [7, 11) is 0. The van der Waals surface area contributed by atoms with Crippen molar-refractivity contribution >= 4 is 5.91 Å². The molecule has 0 aliphatic carbocycles. The first-order valence-electron chi connectivity index (χ1n) is 4.80. The monoisotopic (exact) mass is 187 g/mol. The highest BCUT2D eigenvalue weighted by Gasteiger charge is 2.21. The minimum Gasteiger partial charge on any atom is -0.293 e. The summed E-state index contributed by atoms with van der Waals surface area (Å²) < 4.78 is 0. The second-order valence-electron chi connectivity index (χ2n) is 3.52. The van der Waals surface area contributed by atoms with Gasteiger partial charge in [-0.05, 0) is 33.7 Å². The Kier molecular flexibility index (Phi) is 5.66. The molecule has 0 spiro atoms. The largest absolute Gasteiger partial charge is 0.293 e. The molecule has 78 valence electrons. The minimum atomic E-state index is -0.148. The summed E-state index contributed by atoms with van der Waals surface area (Å²) in [6.07, 6.45) is 1.04. The smallest absolute Gasteiger partial charge is 0.250 e. The van der Waals surface area contributed by atoms with Gasteiger partial charge >= 0.3 is 0 Å². The highest BCUT2D eigenvalue weighted by atomic mass is 16.2. The summed E-state index contributed by atoms with van der Waals surface area (Å²) >= 11 is 0. The zero-order chi connectivity index (χ0) is 10.4. The Labute approximate surface area is 80.4 Å². The number of carbonyl (C=O) groups excluding carboxylic acids is 1. The van der Waals surface area contributed by atoms with Crippen LogP contribution >= 0.6 is 0 Å². The molecule has 0 bridgehead atoms. The van der Waals surface area contributed by atoms with Gasteiger partial charge < -0.3 is 0 Å². The van der Waals surface area contributed by atoms with Gasteiger partial charge in [-0.25, -0.2) is 5.84 Å². The summed E-state index contributed by atoms with van der Waals surface area (Å²) in [5, 5.41) is 0. The maximum Gasteiger partial charge on any atom is 0.250 e. The minimum absolute atomic E-state index is 0.123. The summed E-state index contributed by atoms with van der Waals surface area (Å²) in [4.78, 5) is 13.4. The Morgan fingerprint density at radius 3 is 2.31 bits per heavy atom. The third-order valence-corrected chi connectivity index (χ3v) is 2.16. The van der Waals surface area contributed by atoms with Gasteiger partial charge in [0.25, 0.3) is 5.91 Å². The molecule has 0 saturated carbocycles. The predicted molar refractivity (Wildman–Crippen MR) is 53.9 cm³/mol. The van der Waals surface area contributed by atoms with Crippen LogP contribution in [0, 0.1) is 0 Å². The van der Waals surface area contributed by atoms with E-state index in [1.54, 1.807) is 0 Å². The fraction of sp³-hybridized carbons (Fsp3) is 0.889. The Balaban J connectivity index is 4.26. The van der Waals surface area contributed by atoms with Gasteiger partial charge in [0, 0.05) is 6.04 Å². The van der Waals surface area contributed by atoms with Gasteiger partial charge in [-0.3, -0.25) is 15.1 Å². The van der Waals surface area contributed by atoms with E-state index in [9.17, 15) is 4.79 Å². The number of nitrogens with one attached hydrogen (secondary N) is 1. The normalized spacial score (nSPS) is 13.5. The number of amides is 1. The van der Waals surface area contributed by atoms with Gasteiger partial charge in [0.2, 0.25) is 0 Å². The second kappa shape index (κ2) is 5.94. The van der Waals surface area contributed by atoms with Crippen molar-refractivity contribution in [3.63, 3.8) is 0 Å². The highest BCUT2D eigenvalue weighted by molar-refractivity contribution is 5.80. The molecule has 13 heavy (non-hydrogen) atoms. The molecule has 4 heteroatoms. The van der Waals surface area contributed by atoms with Crippen LogP contribution in [0.5, 0.6) is 0 Å². The Hall–Kier alpha value is -0.610. The lowest BCUT2D eigenvalue weighted by atomic mass is 10.2. The van der Waals surface area contributed by atoms with E-state index >= 15 is 0 Å². The lowest BCUT2D eigenvalue weighted by Crippen LogP contribution is -2.50. The number of hydrazine groups is 1. The van der Waals surface area contributed by atoms with Gasteiger partial charge in [-0.2, -0.15) is 0 Å². The summed E-state index contributed by atoms with van der Waals surface area (Å²) in [6.45, 7) is 9.05. The molecule has 3 N–H and O–H groups in total. The van der Waals surface area contributed by atoms with Crippen LogP contribution in [0.25, 0.3) is 0 Å². The van der Waals surface area contributed by atoms with E-state index in [0.717, 1.165) is 13.0 Å².